The first-order valence-corrected chi connectivity index (χ1v) is 7.38. The molecule has 2 rings (SSSR count). The molecular formula is C18H22ClFN2O2. The first kappa shape index (κ1) is 19.9. The summed E-state index contributed by atoms with van der Waals surface area (Å²) in [6.07, 6.45) is 0. The van der Waals surface area contributed by atoms with Gasteiger partial charge in [-0.2, -0.15) is 0 Å². The Labute approximate surface area is 147 Å². The van der Waals surface area contributed by atoms with E-state index < -0.39 is 11.9 Å². The predicted octanol–water partition coefficient (Wildman–Crippen LogP) is 3.44. The van der Waals surface area contributed by atoms with Crippen molar-refractivity contribution >= 4 is 18.3 Å². The Hall–Kier alpha value is -2.11. The lowest BCUT2D eigenvalue weighted by molar-refractivity contribution is -0.123. The molecule has 0 heterocycles. The third-order valence-corrected chi connectivity index (χ3v) is 3.75. The van der Waals surface area contributed by atoms with E-state index in [-0.39, 0.29) is 30.1 Å². The van der Waals surface area contributed by atoms with Gasteiger partial charge in [0.15, 0.2) is 11.6 Å². The monoisotopic (exact) mass is 352 g/mol. The molecule has 1 amide bonds. The Morgan fingerprint density at radius 1 is 1.17 bits per heavy atom. The van der Waals surface area contributed by atoms with Crippen LogP contribution in [0.15, 0.2) is 42.5 Å². The van der Waals surface area contributed by atoms with Gasteiger partial charge < -0.3 is 15.8 Å². The standard InChI is InChI=1S/C18H21FN2O2.ClH/c1-11-4-6-13(7-5-11)17(20)18(22)21-12(2)14-8-9-16(23-3)15(19)10-14;/h4-10,12,17H,20H2,1-3H3,(H,21,22);1H. The summed E-state index contributed by atoms with van der Waals surface area (Å²) < 4.78 is 18.6. The number of halogens is 2. The molecule has 24 heavy (non-hydrogen) atoms. The molecule has 0 aliphatic heterocycles. The smallest absolute Gasteiger partial charge is 0.241 e. The topological polar surface area (TPSA) is 64.3 Å². The number of methoxy groups -OCH3 is 1. The molecule has 2 aromatic carbocycles. The quantitative estimate of drug-likeness (QED) is 0.866. The van der Waals surface area contributed by atoms with Crippen LogP contribution < -0.4 is 15.8 Å². The van der Waals surface area contributed by atoms with Crippen molar-refractivity contribution in [1.29, 1.82) is 0 Å². The summed E-state index contributed by atoms with van der Waals surface area (Å²) in [7, 11) is 1.41. The summed E-state index contributed by atoms with van der Waals surface area (Å²) in [5.41, 5.74) is 8.47. The van der Waals surface area contributed by atoms with E-state index in [1.807, 2.05) is 31.2 Å². The maximum Gasteiger partial charge on any atom is 0.241 e. The van der Waals surface area contributed by atoms with Crippen molar-refractivity contribution in [3.05, 3.63) is 65.0 Å². The van der Waals surface area contributed by atoms with E-state index in [2.05, 4.69) is 5.32 Å². The highest BCUT2D eigenvalue weighted by Crippen LogP contribution is 2.22. The van der Waals surface area contributed by atoms with Gasteiger partial charge in [0, 0.05) is 0 Å². The van der Waals surface area contributed by atoms with Crippen LogP contribution in [-0.4, -0.2) is 13.0 Å². The molecule has 3 N–H and O–H groups in total. The van der Waals surface area contributed by atoms with Crippen molar-refractivity contribution in [2.24, 2.45) is 5.73 Å². The van der Waals surface area contributed by atoms with E-state index in [0.717, 1.165) is 11.1 Å². The van der Waals surface area contributed by atoms with Crippen LogP contribution in [0.1, 0.15) is 35.7 Å². The van der Waals surface area contributed by atoms with E-state index in [0.29, 0.717) is 5.56 Å². The van der Waals surface area contributed by atoms with Crippen molar-refractivity contribution < 1.29 is 13.9 Å². The van der Waals surface area contributed by atoms with Gasteiger partial charge in [0.25, 0.3) is 0 Å². The van der Waals surface area contributed by atoms with Crippen LogP contribution >= 0.6 is 12.4 Å². The second-order valence-electron chi connectivity index (χ2n) is 5.51. The summed E-state index contributed by atoms with van der Waals surface area (Å²) in [5, 5.41) is 2.80. The van der Waals surface area contributed by atoms with Crippen LogP contribution in [0.3, 0.4) is 0 Å². The average molecular weight is 353 g/mol. The number of nitrogens with two attached hydrogens (primary N) is 1. The van der Waals surface area contributed by atoms with Gasteiger partial charge in [-0.15, -0.1) is 12.4 Å². The fraction of sp³-hybridized carbons (Fsp3) is 0.278. The first-order chi connectivity index (χ1) is 10.9. The zero-order valence-electron chi connectivity index (χ0n) is 13.9. The molecule has 2 atom stereocenters. The van der Waals surface area contributed by atoms with Crippen molar-refractivity contribution in [3.63, 3.8) is 0 Å². The molecule has 0 aromatic heterocycles. The second-order valence-corrected chi connectivity index (χ2v) is 5.51. The Kier molecular flexibility index (Phi) is 7.19. The van der Waals surface area contributed by atoms with Gasteiger partial charge in [0.05, 0.1) is 13.2 Å². The number of nitrogens with one attached hydrogen (secondary N) is 1. The summed E-state index contributed by atoms with van der Waals surface area (Å²) >= 11 is 0. The van der Waals surface area contributed by atoms with Crippen LogP contribution in [-0.2, 0) is 4.79 Å². The number of aryl methyl sites for hydroxylation is 1. The van der Waals surface area contributed by atoms with E-state index in [9.17, 15) is 9.18 Å². The molecule has 2 unspecified atom stereocenters. The van der Waals surface area contributed by atoms with Crippen LogP contribution in [0, 0.1) is 12.7 Å². The summed E-state index contributed by atoms with van der Waals surface area (Å²) in [4.78, 5) is 12.3. The zero-order chi connectivity index (χ0) is 17.0. The zero-order valence-corrected chi connectivity index (χ0v) is 14.7. The molecule has 0 radical (unpaired) electrons. The SMILES string of the molecule is COc1ccc(C(C)NC(=O)C(N)c2ccc(C)cc2)cc1F.Cl. The number of rotatable bonds is 5. The van der Waals surface area contributed by atoms with Gasteiger partial charge >= 0.3 is 0 Å². The number of benzene rings is 2. The first-order valence-electron chi connectivity index (χ1n) is 7.38. The van der Waals surface area contributed by atoms with E-state index in [4.69, 9.17) is 10.5 Å². The van der Waals surface area contributed by atoms with E-state index in [1.54, 1.807) is 13.0 Å². The summed E-state index contributed by atoms with van der Waals surface area (Å²) in [5.74, 6) is -0.602. The van der Waals surface area contributed by atoms with Gasteiger partial charge in [0.2, 0.25) is 5.91 Å². The minimum absolute atomic E-state index is 0. The van der Waals surface area contributed by atoms with Gasteiger partial charge in [-0.05, 0) is 37.1 Å². The molecule has 2 aromatic rings. The van der Waals surface area contributed by atoms with Crippen molar-refractivity contribution in [2.75, 3.05) is 7.11 Å². The van der Waals surface area contributed by atoms with Crippen LogP contribution in [0.5, 0.6) is 5.75 Å². The number of hydrogen-bond acceptors (Lipinski definition) is 3. The molecule has 0 aliphatic rings. The average Bonchev–Trinajstić information content (AvgIpc) is 2.54. The molecule has 6 heteroatoms. The largest absolute Gasteiger partial charge is 0.494 e. The molecule has 0 bridgehead atoms. The lowest BCUT2D eigenvalue weighted by Gasteiger charge is -2.18. The fourth-order valence-electron chi connectivity index (χ4n) is 2.26. The molecule has 0 saturated carbocycles. The number of carbonyl (C=O) groups excluding carboxylic acids is 1. The highest BCUT2D eigenvalue weighted by Gasteiger charge is 2.19. The molecule has 0 saturated heterocycles. The Balaban J connectivity index is 0.00000288. The number of hydrogen-bond donors (Lipinski definition) is 2. The van der Waals surface area contributed by atoms with Crippen LogP contribution in [0.25, 0.3) is 0 Å². The summed E-state index contributed by atoms with van der Waals surface area (Å²) in [6.45, 7) is 3.75. The van der Waals surface area contributed by atoms with Crippen LogP contribution in [0.2, 0.25) is 0 Å². The van der Waals surface area contributed by atoms with Gasteiger partial charge in [-0.1, -0.05) is 35.9 Å². The Bertz CT molecular complexity index is 692. The fourth-order valence-corrected chi connectivity index (χ4v) is 2.26. The number of carbonyl (C=O) groups is 1. The molecule has 4 nitrogen and oxygen atoms in total. The van der Waals surface area contributed by atoms with Crippen molar-refractivity contribution in [2.45, 2.75) is 25.9 Å². The lowest BCUT2D eigenvalue weighted by Crippen LogP contribution is -2.35. The third kappa shape index (κ3) is 4.69. The van der Waals surface area contributed by atoms with E-state index >= 15 is 0 Å². The van der Waals surface area contributed by atoms with Gasteiger partial charge in [0.1, 0.15) is 6.04 Å². The number of amides is 1. The van der Waals surface area contributed by atoms with Crippen molar-refractivity contribution in [1.82, 2.24) is 5.32 Å². The highest BCUT2D eigenvalue weighted by atomic mass is 35.5. The molecule has 0 spiro atoms. The molecule has 0 aliphatic carbocycles. The highest BCUT2D eigenvalue weighted by molar-refractivity contribution is 5.85. The molecule has 0 fully saturated rings. The van der Waals surface area contributed by atoms with Crippen molar-refractivity contribution in [3.8, 4) is 5.75 Å². The van der Waals surface area contributed by atoms with Gasteiger partial charge in [-0.3, -0.25) is 4.79 Å². The lowest BCUT2D eigenvalue weighted by atomic mass is 10.0. The minimum atomic E-state index is -0.763. The van der Waals surface area contributed by atoms with E-state index in [1.165, 1.54) is 19.2 Å². The maximum atomic E-state index is 13.7. The number of ether oxygens (including phenoxy) is 1. The minimum Gasteiger partial charge on any atom is -0.494 e. The second kappa shape index (κ2) is 8.66. The normalized spacial score (nSPS) is 12.7. The molecule has 130 valence electrons. The molecular weight excluding hydrogens is 331 g/mol. The maximum absolute atomic E-state index is 13.7. The predicted molar refractivity (Wildman–Crippen MR) is 94.9 cm³/mol. The van der Waals surface area contributed by atoms with Crippen LogP contribution in [0.4, 0.5) is 4.39 Å². The Morgan fingerprint density at radius 3 is 2.29 bits per heavy atom. The third-order valence-electron chi connectivity index (χ3n) is 3.75. The summed E-state index contributed by atoms with van der Waals surface area (Å²) in [6, 6.07) is 10.9. The Morgan fingerprint density at radius 2 is 1.75 bits per heavy atom. The van der Waals surface area contributed by atoms with Gasteiger partial charge in [-0.25, -0.2) is 4.39 Å².